The Morgan fingerprint density at radius 2 is 1.64 bits per heavy atom. The van der Waals surface area contributed by atoms with Gasteiger partial charge in [-0.1, -0.05) is 30.7 Å². The van der Waals surface area contributed by atoms with Crippen molar-refractivity contribution < 1.29 is 4.42 Å². The first-order chi connectivity index (χ1) is 10.7. The van der Waals surface area contributed by atoms with Crippen LogP contribution in [-0.4, -0.2) is 0 Å². The summed E-state index contributed by atoms with van der Waals surface area (Å²) in [6, 6.07) is 20.1. The zero-order chi connectivity index (χ0) is 15.4. The highest BCUT2D eigenvalue weighted by atomic mass is 35.5. The van der Waals surface area contributed by atoms with Gasteiger partial charge in [0, 0.05) is 16.3 Å². The molecule has 1 N–H and O–H groups in total. The zero-order valence-corrected chi connectivity index (χ0v) is 13.2. The van der Waals surface area contributed by atoms with E-state index in [2.05, 4.69) is 36.5 Å². The van der Waals surface area contributed by atoms with Gasteiger partial charge in [-0.2, -0.15) is 0 Å². The highest BCUT2D eigenvalue weighted by molar-refractivity contribution is 6.30. The second-order valence-corrected chi connectivity index (χ2v) is 5.61. The lowest BCUT2D eigenvalue weighted by Crippen LogP contribution is -1.97. The molecule has 0 spiro atoms. The molecule has 1 aromatic heterocycles. The fourth-order valence-electron chi connectivity index (χ4n) is 2.29. The van der Waals surface area contributed by atoms with Crippen LogP contribution in [0.2, 0.25) is 5.02 Å². The third-order valence-electron chi connectivity index (χ3n) is 3.62. The lowest BCUT2D eigenvalue weighted by molar-refractivity contribution is 0.531. The summed E-state index contributed by atoms with van der Waals surface area (Å²) in [7, 11) is 0. The van der Waals surface area contributed by atoms with Crippen LogP contribution in [-0.2, 0) is 13.0 Å². The first kappa shape index (κ1) is 14.7. The number of anilines is 1. The van der Waals surface area contributed by atoms with E-state index in [1.165, 1.54) is 5.56 Å². The van der Waals surface area contributed by atoms with Crippen LogP contribution in [0, 0.1) is 0 Å². The van der Waals surface area contributed by atoms with Gasteiger partial charge in [0.15, 0.2) is 0 Å². The van der Waals surface area contributed by atoms with Gasteiger partial charge in [-0.3, -0.25) is 0 Å². The Balaban J connectivity index is 1.65. The maximum atomic E-state index is 5.90. The fourth-order valence-corrected chi connectivity index (χ4v) is 2.42. The Bertz CT molecular complexity index is 729. The van der Waals surface area contributed by atoms with Gasteiger partial charge >= 0.3 is 0 Å². The summed E-state index contributed by atoms with van der Waals surface area (Å²) in [5, 5.41) is 4.10. The van der Waals surface area contributed by atoms with Gasteiger partial charge in [-0.05, 0) is 60.5 Å². The molecule has 0 amide bonds. The molecule has 2 nitrogen and oxygen atoms in total. The summed E-state index contributed by atoms with van der Waals surface area (Å²) >= 11 is 5.90. The molecule has 2 aromatic carbocycles. The second-order valence-electron chi connectivity index (χ2n) is 5.18. The van der Waals surface area contributed by atoms with Gasteiger partial charge < -0.3 is 9.73 Å². The number of aryl methyl sites for hydroxylation is 1. The topological polar surface area (TPSA) is 25.2 Å². The quantitative estimate of drug-likeness (QED) is 0.646. The van der Waals surface area contributed by atoms with Crippen LogP contribution in [0.3, 0.4) is 0 Å². The molecule has 0 saturated heterocycles. The molecule has 0 fully saturated rings. The molecule has 3 rings (SSSR count). The van der Waals surface area contributed by atoms with Crippen LogP contribution in [0.5, 0.6) is 0 Å². The van der Waals surface area contributed by atoms with Crippen LogP contribution >= 0.6 is 11.6 Å². The lowest BCUT2D eigenvalue weighted by atomic mass is 10.1. The van der Waals surface area contributed by atoms with Crippen molar-refractivity contribution in [2.45, 2.75) is 19.9 Å². The molecule has 0 radical (unpaired) electrons. The number of furan rings is 1. The van der Waals surface area contributed by atoms with Crippen LogP contribution in [0.4, 0.5) is 5.69 Å². The highest BCUT2D eigenvalue weighted by Crippen LogP contribution is 2.24. The number of benzene rings is 2. The Hall–Kier alpha value is -2.19. The van der Waals surface area contributed by atoms with Crippen molar-refractivity contribution in [3.05, 3.63) is 77.0 Å². The number of halogens is 1. The average molecular weight is 312 g/mol. The summed E-state index contributed by atoms with van der Waals surface area (Å²) in [5.41, 5.74) is 3.47. The minimum atomic E-state index is 0.666. The van der Waals surface area contributed by atoms with E-state index in [1.54, 1.807) is 0 Å². The number of hydrogen-bond donors (Lipinski definition) is 1. The van der Waals surface area contributed by atoms with Crippen molar-refractivity contribution in [3.8, 4) is 11.3 Å². The van der Waals surface area contributed by atoms with E-state index in [1.807, 2.05) is 36.4 Å². The molecule has 0 aliphatic rings. The molecule has 0 aliphatic heterocycles. The summed E-state index contributed by atoms with van der Waals surface area (Å²) < 4.78 is 5.87. The van der Waals surface area contributed by atoms with Gasteiger partial charge in [-0.15, -0.1) is 0 Å². The molecule has 22 heavy (non-hydrogen) atoms. The first-order valence-corrected chi connectivity index (χ1v) is 7.80. The number of nitrogens with one attached hydrogen (secondary N) is 1. The number of hydrogen-bond acceptors (Lipinski definition) is 2. The van der Waals surface area contributed by atoms with Gasteiger partial charge in [-0.25, -0.2) is 0 Å². The molecule has 0 aliphatic carbocycles. The molecule has 0 bridgehead atoms. The van der Waals surface area contributed by atoms with Gasteiger partial charge in [0.25, 0.3) is 0 Å². The predicted octanol–water partition coefficient (Wildman–Crippen LogP) is 5.77. The maximum absolute atomic E-state index is 5.90. The van der Waals surface area contributed by atoms with Crippen molar-refractivity contribution in [1.82, 2.24) is 0 Å². The van der Waals surface area contributed by atoms with Crippen molar-refractivity contribution in [2.24, 2.45) is 0 Å². The standard InChI is InChI=1S/C19H18ClNO/c1-2-14-3-9-17(10-4-14)21-13-18-11-12-19(22-18)15-5-7-16(20)8-6-15/h3-12,21H,2,13H2,1H3. The lowest BCUT2D eigenvalue weighted by Gasteiger charge is -2.05. The van der Waals surface area contributed by atoms with E-state index in [4.69, 9.17) is 16.0 Å². The normalized spacial score (nSPS) is 10.6. The Labute approximate surface area is 135 Å². The van der Waals surface area contributed by atoms with Crippen molar-refractivity contribution >= 4 is 17.3 Å². The van der Waals surface area contributed by atoms with E-state index < -0.39 is 0 Å². The third-order valence-corrected chi connectivity index (χ3v) is 3.87. The van der Waals surface area contributed by atoms with Crippen molar-refractivity contribution in [2.75, 3.05) is 5.32 Å². The van der Waals surface area contributed by atoms with Crippen molar-refractivity contribution in [1.29, 1.82) is 0 Å². The maximum Gasteiger partial charge on any atom is 0.134 e. The van der Waals surface area contributed by atoms with Crippen LogP contribution in [0.15, 0.2) is 65.1 Å². The van der Waals surface area contributed by atoms with E-state index in [0.29, 0.717) is 6.54 Å². The second kappa shape index (κ2) is 6.71. The highest BCUT2D eigenvalue weighted by Gasteiger charge is 2.05. The monoisotopic (exact) mass is 311 g/mol. The summed E-state index contributed by atoms with van der Waals surface area (Å²) in [5.74, 6) is 1.76. The molecular weight excluding hydrogens is 294 g/mol. The fraction of sp³-hybridized carbons (Fsp3) is 0.158. The largest absolute Gasteiger partial charge is 0.459 e. The zero-order valence-electron chi connectivity index (χ0n) is 12.5. The van der Waals surface area contributed by atoms with Gasteiger partial charge in [0.2, 0.25) is 0 Å². The SMILES string of the molecule is CCc1ccc(NCc2ccc(-c3ccc(Cl)cc3)o2)cc1. The molecule has 3 heteroatoms. The van der Waals surface area contributed by atoms with Gasteiger partial charge in [0.1, 0.15) is 11.5 Å². The van der Waals surface area contributed by atoms with Crippen LogP contribution in [0.1, 0.15) is 18.2 Å². The van der Waals surface area contributed by atoms with Crippen molar-refractivity contribution in [3.63, 3.8) is 0 Å². The minimum Gasteiger partial charge on any atom is -0.459 e. The molecule has 112 valence electrons. The predicted molar refractivity (Wildman–Crippen MR) is 92.3 cm³/mol. The smallest absolute Gasteiger partial charge is 0.134 e. The van der Waals surface area contributed by atoms with Crippen LogP contribution < -0.4 is 5.32 Å². The Kier molecular flexibility index (Phi) is 4.50. The first-order valence-electron chi connectivity index (χ1n) is 7.42. The van der Waals surface area contributed by atoms with E-state index in [0.717, 1.165) is 34.2 Å². The van der Waals surface area contributed by atoms with E-state index in [9.17, 15) is 0 Å². The van der Waals surface area contributed by atoms with Gasteiger partial charge in [0.05, 0.1) is 6.54 Å². The summed E-state index contributed by atoms with van der Waals surface area (Å²) in [4.78, 5) is 0. The average Bonchev–Trinajstić information content (AvgIpc) is 3.03. The molecule has 0 saturated carbocycles. The minimum absolute atomic E-state index is 0.666. The van der Waals surface area contributed by atoms with E-state index in [-0.39, 0.29) is 0 Å². The summed E-state index contributed by atoms with van der Waals surface area (Å²) in [6.45, 7) is 2.82. The Morgan fingerprint density at radius 1 is 0.909 bits per heavy atom. The molecule has 1 heterocycles. The van der Waals surface area contributed by atoms with E-state index >= 15 is 0 Å². The molecule has 0 unspecified atom stereocenters. The Morgan fingerprint density at radius 3 is 2.32 bits per heavy atom. The molecular formula is C19H18ClNO. The van der Waals surface area contributed by atoms with Crippen LogP contribution in [0.25, 0.3) is 11.3 Å². The molecule has 3 aromatic rings. The summed E-state index contributed by atoms with van der Waals surface area (Å²) in [6.07, 6.45) is 1.06. The third kappa shape index (κ3) is 3.52. The number of rotatable bonds is 5. The molecule has 0 atom stereocenters.